The summed E-state index contributed by atoms with van der Waals surface area (Å²) >= 11 is 0. The minimum Gasteiger partial charge on any atom is -0.338 e. The maximum Gasteiger partial charge on any atom is 0.258 e. The Morgan fingerprint density at radius 3 is 2.44 bits per heavy atom. The average Bonchev–Trinajstić information content (AvgIpc) is 3.06. The van der Waals surface area contributed by atoms with E-state index in [2.05, 4.69) is 0 Å². The first-order chi connectivity index (χ1) is 13.0. The molecule has 2 heterocycles. The molecule has 27 heavy (non-hydrogen) atoms. The van der Waals surface area contributed by atoms with E-state index in [9.17, 15) is 18.4 Å². The Kier molecular flexibility index (Phi) is 4.64. The zero-order chi connectivity index (χ0) is 19.0. The lowest BCUT2D eigenvalue weighted by Crippen LogP contribution is -2.36. The molecule has 0 saturated carbocycles. The number of hydrogen-bond acceptors (Lipinski definition) is 2. The SMILES string of the molecule is O=C1CCCN1Cc1ccc(C(=O)N2CCCc3c(F)cc(F)cc32)cc1. The van der Waals surface area contributed by atoms with Gasteiger partial charge in [-0.25, -0.2) is 8.78 Å². The molecule has 0 unspecified atom stereocenters. The van der Waals surface area contributed by atoms with Gasteiger partial charge >= 0.3 is 0 Å². The molecule has 0 spiro atoms. The highest BCUT2D eigenvalue weighted by Gasteiger charge is 2.26. The molecule has 2 aromatic rings. The maximum absolute atomic E-state index is 14.0. The summed E-state index contributed by atoms with van der Waals surface area (Å²) in [6.45, 7) is 1.73. The molecule has 0 atom stereocenters. The van der Waals surface area contributed by atoms with Crippen LogP contribution in [0.3, 0.4) is 0 Å². The van der Waals surface area contributed by atoms with Crippen molar-refractivity contribution < 1.29 is 18.4 Å². The number of fused-ring (bicyclic) bond motifs is 1. The topological polar surface area (TPSA) is 40.6 Å². The minimum absolute atomic E-state index is 0.157. The van der Waals surface area contributed by atoms with Gasteiger partial charge in [-0.1, -0.05) is 12.1 Å². The van der Waals surface area contributed by atoms with Crippen LogP contribution in [0, 0.1) is 11.6 Å². The number of carbonyl (C=O) groups excluding carboxylic acids is 2. The Morgan fingerprint density at radius 2 is 1.74 bits per heavy atom. The van der Waals surface area contributed by atoms with Crippen LogP contribution in [0.2, 0.25) is 0 Å². The van der Waals surface area contributed by atoms with Crippen molar-refractivity contribution in [1.82, 2.24) is 4.90 Å². The van der Waals surface area contributed by atoms with Crippen molar-refractivity contribution in [3.63, 3.8) is 0 Å². The molecule has 2 aliphatic rings. The van der Waals surface area contributed by atoms with Gasteiger partial charge in [0.2, 0.25) is 5.91 Å². The second kappa shape index (κ2) is 7.10. The van der Waals surface area contributed by atoms with Crippen molar-refractivity contribution >= 4 is 17.5 Å². The quantitative estimate of drug-likeness (QED) is 0.827. The Bertz CT molecular complexity index is 896. The van der Waals surface area contributed by atoms with Gasteiger partial charge in [0.05, 0.1) is 5.69 Å². The van der Waals surface area contributed by atoms with E-state index in [0.717, 1.165) is 24.6 Å². The third-order valence-corrected chi connectivity index (χ3v) is 5.23. The van der Waals surface area contributed by atoms with Gasteiger partial charge in [0.15, 0.2) is 0 Å². The minimum atomic E-state index is -0.684. The van der Waals surface area contributed by atoms with Gasteiger partial charge in [-0.05, 0) is 43.0 Å². The number of carbonyl (C=O) groups is 2. The van der Waals surface area contributed by atoms with Gasteiger partial charge in [-0.15, -0.1) is 0 Å². The number of rotatable bonds is 3. The molecule has 1 saturated heterocycles. The average molecular weight is 370 g/mol. The molecule has 140 valence electrons. The van der Waals surface area contributed by atoms with Crippen LogP contribution in [-0.2, 0) is 17.8 Å². The van der Waals surface area contributed by atoms with Gasteiger partial charge in [0, 0.05) is 43.2 Å². The third-order valence-electron chi connectivity index (χ3n) is 5.23. The smallest absolute Gasteiger partial charge is 0.258 e. The number of likely N-dealkylation sites (tertiary alicyclic amines) is 1. The van der Waals surface area contributed by atoms with Crippen molar-refractivity contribution in [1.29, 1.82) is 0 Å². The lowest BCUT2D eigenvalue weighted by atomic mass is 9.99. The van der Waals surface area contributed by atoms with Crippen LogP contribution < -0.4 is 4.90 Å². The molecule has 4 nitrogen and oxygen atoms in total. The zero-order valence-electron chi connectivity index (χ0n) is 14.9. The lowest BCUT2D eigenvalue weighted by Gasteiger charge is -2.30. The lowest BCUT2D eigenvalue weighted by molar-refractivity contribution is -0.128. The number of hydrogen-bond donors (Lipinski definition) is 0. The fourth-order valence-corrected chi connectivity index (χ4v) is 3.82. The second-order valence-electron chi connectivity index (χ2n) is 7.06. The van der Waals surface area contributed by atoms with Crippen molar-refractivity contribution in [3.8, 4) is 0 Å². The highest BCUT2D eigenvalue weighted by molar-refractivity contribution is 6.06. The molecule has 0 bridgehead atoms. The van der Waals surface area contributed by atoms with E-state index in [1.165, 1.54) is 11.0 Å². The van der Waals surface area contributed by atoms with Crippen LogP contribution >= 0.6 is 0 Å². The zero-order valence-corrected chi connectivity index (χ0v) is 14.9. The summed E-state index contributed by atoms with van der Waals surface area (Å²) in [5.74, 6) is -1.40. The molecular formula is C21H20F2N2O2. The Morgan fingerprint density at radius 1 is 1.00 bits per heavy atom. The highest BCUT2D eigenvalue weighted by Crippen LogP contribution is 2.31. The summed E-state index contributed by atoms with van der Waals surface area (Å²) in [6, 6.07) is 9.17. The van der Waals surface area contributed by atoms with Gasteiger partial charge < -0.3 is 9.80 Å². The third kappa shape index (κ3) is 3.44. The van der Waals surface area contributed by atoms with Crippen molar-refractivity contribution in [2.24, 2.45) is 0 Å². The largest absolute Gasteiger partial charge is 0.338 e. The summed E-state index contributed by atoms with van der Waals surface area (Å²) < 4.78 is 27.7. The molecule has 0 aromatic heterocycles. The van der Waals surface area contributed by atoms with E-state index in [1.54, 1.807) is 12.1 Å². The predicted molar refractivity (Wildman–Crippen MR) is 97.4 cm³/mol. The van der Waals surface area contributed by atoms with Gasteiger partial charge in [0.1, 0.15) is 11.6 Å². The molecule has 0 N–H and O–H groups in total. The van der Waals surface area contributed by atoms with Crippen LogP contribution in [0.5, 0.6) is 0 Å². The fraction of sp³-hybridized carbons (Fsp3) is 0.333. The first kappa shape index (κ1) is 17.6. The number of halogens is 2. The normalized spacial score (nSPS) is 16.6. The van der Waals surface area contributed by atoms with Crippen molar-refractivity contribution in [2.75, 3.05) is 18.0 Å². The molecule has 1 fully saturated rings. The fourth-order valence-electron chi connectivity index (χ4n) is 3.82. The van der Waals surface area contributed by atoms with Crippen LogP contribution in [0.25, 0.3) is 0 Å². The Balaban J connectivity index is 1.55. The van der Waals surface area contributed by atoms with E-state index < -0.39 is 11.6 Å². The van der Waals surface area contributed by atoms with E-state index >= 15 is 0 Å². The molecule has 4 rings (SSSR count). The van der Waals surface area contributed by atoms with E-state index in [1.807, 2.05) is 17.0 Å². The molecule has 0 aliphatic carbocycles. The van der Waals surface area contributed by atoms with Crippen molar-refractivity contribution in [2.45, 2.75) is 32.2 Å². The number of benzene rings is 2. The summed E-state index contributed by atoms with van der Waals surface area (Å²) in [4.78, 5) is 27.9. The molecule has 2 aliphatic heterocycles. The maximum atomic E-state index is 14.0. The van der Waals surface area contributed by atoms with Gasteiger partial charge in [-0.2, -0.15) is 0 Å². The summed E-state index contributed by atoms with van der Waals surface area (Å²) in [5.41, 5.74) is 2.12. The number of amides is 2. The summed E-state index contributed by atoms with van der Waals surface area (Å²) in [7, 11) is 0. The van der Waals surface area contributed by atoms with Crippen molar-refractivity contribution in [3.05, 3.63) is 64.7 Å². The monoisotopic (exact) mass is 370 g/mol. The standard InChI is InChI=1S/C21H20F2N2O2/c22-16-11-18(23)17-3-1-10-25(19(17)12-16)21(27)15-7-5-14(6-8-15)13-24-9-2-4-20(24)26/h5-8,11-12H,1-4,9-10,13H2. The number of anilines is 1. The predicted octanol–water partition coefficient (Wildman–Crippen LogP) is 3.68. The summed E-state index contributed by atoms with van der Waals surface area (Å²) in [6.07, 6.45) is 2.61. The van der Waals surface area contributed by atoms with E-state index in [-0.39, 0.29) is 11.8 Å². The van der Waals surface area contributed by atoms with Crippen LogP contribution in [0.15, 0.2) is 36.4 Å². The van der Waals surface area contributed by atoms with Gasteiger partial charge in [-0.3, -0.25) is 9.59 Å². The van der Waals surface area contributed by atoms with E-state index in [0.29, 0.717) is 49.2 Å². The molecule has 2 aromatic carbocycles. The number of nitrogens with zero attached hydrogens (tertiary/aromatic N) is 2. The first-order valence-electron chi connectivity index (χ1n) is 9.19. The molecule has 6 heteroatoms. The van der Waals surface area contributed by atoms with Crippen LogP contribution in [0.1, 0.15) is 40.7 Å². The second-order valence-corrected chi connectivity index (χ2v) is 7.06. The Labute approximate surface area is 156 Å². The highest BCUT2D eigenvalue weighted by atomic mass is 19.1. The first-order valence-corrected chi connectivity index (χ1v) is 9.19. The molecular weight excluding hydrogens is 350 g/mol. The van der Waals surface area contributed by atoms with Gasteiger partial charge in [0.25, 0.3) is 5.91 Å². The summed E-state index contributed by atoms with van der Waals surface area (Å²) in [5, 5.41) is 0. The van der Waals surface area contributed by atoms with Crippen LogP contribution in [-0.4, -0.2) is 29.8 Å². The van der Waals surface area contributed by atoms with Crippen LogP contribution in [0.4, 0.5) is 14.5 Å². The molecule has 0 radical (unpaired) electrons. The Hall–Kier alpha value is -2.76. The van der Waals surface area contributed by atoms with E-state index in [4.69, 9.17) is 0 Å². The molecule has 2 amide bonds.